The molecule has 2 fully saturated rings. The third-order valence-corrected chi connectivity index (χ3v) is 7.74. The van der Waals surface area contributed by atoms with Gasteiger partial charge < -0.3 is 14.9 Å². The molecule has 24 heavy (non-hydrogen) atoms. The van der Waals surface area contributed by atoms with Gasteiger partial charge in [0.2, 0.25) is 0 Å². The highest BCUT2D eigenvalue weighted by Gasteiger charge is 2.62. The molecule has 5 atom stereocenters. The number of cyclic esters (lactones) is 1. The van der Waals surface area contributed by atoms with Crippen molar-refractivity contribution in [3.8, 4) is 0 Å². The molecule has 2 N–H and O–H groups in total. The van der Waals surface area contributed by atoms with E-state index in [1.165, 1.54) is 0 Å². The van der Waals surface area contributed by atoms with Crippen LogP contribution in [0.4, 0.5) is 0 Å². The quantitative estimate of drug-likeness (QED) is 0.777. The van der Waals surface area contributed by atoms with Gasteiger partial charge >= 0.3 is 5.97 Å². The first kappa shape index (κ1) is 17.9. The molecule has 136 valence electrons. The fourth-order valence-electron chi connectivity index (χ4n) is 5.92. The predicted molar refractivity (Wildman–Crippen MR) is 92.2 cm³/mol. The van der Waals surface area contributed by atoms with Crippen molar-refractivity contribution in [1.82, 2.24) is 0 Å². The first-order valence-corrected chi connectivity index (χ1v) is 9.39. The standard InChI is InChI=1S/C20H32O4/c1-13-5-6-15-18(2,3)16(21)8-10-19(15,4)20(13,23)11-7-14-9-12-24-17(14)22/h9,13,15-16,21,23H,5-8,10-12H2,1-4H3/t13-,15+,16+,19+,20-/m1/s1. The molecule has 0 spiro atoms. The lowest BCUT2D eigenvalue weighted by Gasteiger charge is -2.64. The van der Waals surface area contributed by atoms with Crippen LogP contribution in [-0.4, -0.2) is 34.5 Å². The first-order valence-electron chi connectivity index (χ1n) is 9.39. The highest BCUT2D eigenvalue weighted by atomic mass is 16.5. The molecule has 3 aliphatic rings. The lowest BCUT2D eigenvalue weighted by atomic mass is 9.43. The summed E-state index contributed by atoms with van der Waals surface area (Å²) < 4.78 is 5.00. The SMILES string of the molecule is C[C@@H]1CC[C@H]2C(C)(C)[C@@H](O)CC[C@]2(C)[C@@]1(O)CCC1=CCOC1=O. The van der Waals surface area contributed by atoms with Crippen LogP contribution in [0.1, 0.15) is 66.2 Å². The van der Waals surface area contributed by atoms with Gasteiger partial charge in [0.1, 0.15) is 6.61 Å². The van der Waals surface area contributed by atoms with E-state index in [-0.39, 0.29) is 28.8 Å². The molecule has 0 unspecified atom stereocenters. The molecule has 0 aromatic carbocycles. The second-order valence-electron chi connectivity index (χ2n) is 9.08. The zero-order chi connectivity index (χ0) is 17.8. The van der Waals surface area contributed by atoms with Crippen molar-refractivity contribution < 1.29 is 19.7 Å². The second-order valence-corrected chi connectivity index (χ2v) is 9.08. The summed E-state index contributed by atoms with van der Waals surface area (Å²) in [6, 6.07) is 0. The topological polar surface area (TPSA) is 66.8 Å². The van der Waals surface area contributed by atoms with Crippen molar-refractivity contribution >= 4 is 5.97 Å². The number of hydrogen-bond acceptors (Lipinski definition) is 4. The molecule has 2 aliphatic carbocycles. The smallest absolute Gasteiger partial charge is 0.334 e. The molecule has 2 saturated carbocycles. The minimum absolute atomic E-state index is 0.188. The van der Waals surface area contributed by atoms with Crippen LogP contribution < -0.4 is 0 Å². The van der Waals surface area contributed by atoms with Crippen LogP contribution in [0.3, 0.4) is 0 Å². The van der Waals surface area contributed by atoms with Crippen LogP contribution in [0.15, 0.2) is 11.6 Å². The summed E-state index contributed by atoms with van der Waals surface area (Å²) in [5, 5.41) is 22.3. The first-order chi connectivity index (χ1) is 11.1. The van der Waals surface area contributed by atoms with Gasteiger partial charge in [-0.25, -0.2) is 4.79 Å². The second kappa shape index (κ2) is 5.84. The summed E-state index contributed by atoms with van der Waals surface area (Å²) in [6.07, 6.45) is 6.30. The van der Waals surface area contributed by atoms with E-state index >= 15 is 0 Å². The summed E-state index contributed by atoms with van der Waals surface area (Å²) >= 11 is 0. The molecule has 0 aromatic rings. The highest BCUT2D eigenvalue weighted by Crippen LogP contribution is 2.63. The van der Waals surface area contributed by atoms with Gasteiger partial charge in [0.05, 0.1) is 11.7 Å². The normalized spacial score (nSPS) is 44.7. The summed E-state index contributed by atoms with van der Waals surface area (Å²) in [6.45, 7) is 9.00. The Morgan fingerprint density at radius 1 is 1.25 bits per heavy atom. The maximum absolute atomic E-state index is 11.8. The van der Waals surface area contributed by atoms with Gasteiger partial charge in [-0.05, 0) is 61.9 Å². The average molecular weight is 336 g/mol. The molecule has 1 heterocycles. The lowest BCUT2D eigenvalue weighted by Crippen LogP contribution is -2.64. The fraction of sp³-hybridized carbons (Fsp3) is 0.850. The third-order valence-electron chi connectivity index (χ3n) is 7.74. The minimum Gasteiger partial charge on any atom is -0.458 e. The van der Waals surface area contributed by atoms with Crippen molar-refractivity contribution in [2.45, 2.75) is 77.9 Å². The molecule has 0 aromatic heterocycles. The van der Waals surface area contributed by atoms with Gasteiger partial charge in [-0.15, -0.1) is 0 Å². The van der Waals surface area contributed by atoms with E-state index < -0.39 is 5.60 Å². The van der Waals surface area contributed by atoms with Gasteiger partial charge in [0.25, 0.3) is 0 Å². The van der Waals surface area contributed by atoms with E-state index in [1.54, 1.807) is 0 Å². The number of aliphatic hydroxyl groups excluding tert-OH is 1. The molecule has 0 radical (unpaired) electrons. The maximum Gasteiger partial charge on any atom is 0.334 e. The van der Waals surface area contributed by atoms with Gasteiger partial charge in [0.15, 0.2) is 0 Å². The van der Waals surface area contributed by atoms with Gasteiger partial charge in [-0.2, -0.15) is 0 Å². The Kier molecular flexibility index (Phi) is 4.37. The summed E-state index contributed by atoms with van der Waals surface area (Å²) in [4.78, 5) is 11.7. The molecule has 4 nitrogen and oxygen atoms in total. The monoisotopic (exact) mass is 336 g/mol. The Morgan fingerprint density at radius 3 is 2.58 bits per heavy atom. The summed E-state index contributed by atoms with van der Waals surface area (Å²) in [5.74, 6) is 0.255. The number of ether oxygens (including phenoxy) is 1. The zero-order valence-electron chi connectivity index (χ0n) is 15.5. The maximum atomic E-state index is 11.8. The number of carbonyl (C=O) groups is 1. The Labute approximate surface area is 145 Å². The van der Waals surface area contributed by atoms with Gasteiger partial charge in [0, 0.05) is 11.0 Å². The van der Waals surface area contributed by atoms with Gasteiger partial charge in [-0.1, -0.05) is 27.7 Å². The van der Waals surface area contributed by atoms with E-state index in [0.29, 0.717) is 30.9 Å². The predicted octanol–water partition coefficient (Wildman–Crippen LogP) is 3.21. The van der Waals surface area contributed by atoms with E-state index in [0.717, 1.165) is 25.7 Å². The number of aliphatic hydroxyl groups is 2. The molecular weight excluding hydrogens is 304 g/mol. The van der Waals surface area contributed by atoms with Crippen molar-refractivity contribution in [3.05, 3.63) is 11.6 Å². The summed E-state index contributed by atoms with van der Waals surface area (Å²) in [7, 11) is 0. The van der Waals surface area contributed by atoms with Crippen molar-refractivity contribution in [3.63, 3.8) is 0 Å². The van der Waals surface area contributed by atoms with Crippen LogP contribution >= 0.6 is 0 Å². The highest BCUT2D eigenvalue weighted by molar-refractivity contribution is 5.90. The lowest BCUT2D eigenvalue weighted by molar-refractivity contribution is -0.231. The van der Waals surface area contributed by atoms with Crippen molar-refractivity contribution in [1.29, 1.82) is 0 Å². The van der Waals surface area contributed by atoms with E-state index in [1.807, 2.05) is 6.08 Å². The Balaban J connectivity index is 1.88. The van der Waals surface area contributed by atoms with Crippen LogP contribution in [0.25, 0.3) is 0 Å². The summed E-state index contributed by atoms with van der Waals surface area (Å²) in [5.41, 5.74) is -0.517. The fourth-order valence-corrected chi connectivity index (χ4v) is 5.92. The number of rotatable bonds is 3. The minimum atomic E-state index is -0.808. The number of fused-ring (bicyclic) bond motifs is 1. The molecule has 3 rings (SSSR count). The van der Waals surface area contributed by atoms with Crippen LogP contribution in [-0.2, 0) is 9.53 Å². The van der Waals surface area contributed by atoms with Crippen LogP contribution in [0, 0.1) is 22.7 Å². The average Bonchev–Trinajstić information content (AvgIpc) is 2.92. The van der Waals surface area contributed by atoms with Crippen LogP contribution in [0.5, 0.6) is 0 Å². The van der Waals surface area contributed by atoms with Crippen molar-refractivity contribution in [2.24, 2.45) is 22.7 Å². The Bertz CT molecular complexity index is 552. The van der Waals surface area contributed by atoms with Gasteiger partial charge in [-0.3, -0.25) is 0 Å². The van der Waals surface area contributed by atoms with E-state index in [9.17, 15) is 15.0 Å². The number of carbonyl (C=O) groups excluding carboxylic acids is 1. The molecule has 0 saturated heterocycles. The number of hydrogen-bond donors (Lipinski definition) is 2. The molecule has 0 bridgehead atoms. The molecule has 1 aliphatic heterocycles. The Hall–Kier alpha value is -0.870. The Morgan fingerprint density at radius 2 is 1.96 bits per heavy atom. The molecule has 0 amide bonds. The molecular formula is C20H32O4. The molecule has 4 heteroatoms. The van der Waals surface area contributed by atoms with Crippen LogP contribution in [0.2, 0.25) is 0 Å². The number of esters is 1. The largest absolute Gasteiger partial charge is 0.458 e. The van der Waals surface area contributed by atoms with E-state index in [4.69, 9.17) is 4.74 Å². The van der Waals surface area contributed by atoms with E-state index in [2.05, 4.69) is 27.7 Å². The third kappa shape index (κ3) is 2.45. The zero-order valence-corrected chi connectivity index (χ0v) is 15.5. The van der Waals surface area contributed by atoms with Crippen molar-refractivity contribution in [2.75, 3.05) is 6.61 Å².